The molecular formula is C40H46N8O9S. The van der Waals surface area contributed by atoms with Crippen LogP contribution in [-0.2, 0) is 44.1 Å². The Kier molecular flexibility index (Phi) is 12.8. The summed E-state index contributed by atoms with van der Waals surface area (Å²) in [6, 6.07) is 19.1. The van der Waals surface area contributed by atoms with Crippen LogP contribution < -0.4 is 14.2 Å². The third kappa shape index (κ3) is 9.64. The summed E-state index contributed by atoms with van der Waals surface area (Å²) in [6.07, 6.45) is 1.11. The van der Waals surface area contributed by atoms with Crippen LogP contribution in [0.3, 0.4) is 0 Å². The number of ether oxygens (including phenoxy) is 1. The summed E-state index contributed by atoms with van der Waals surface area (Å²) < 4.78 is 36.7. The highest BCUT2D eigenvalue weighted by atomic mass is 32.2. The van der Waals surface area contributed by atoms with Gasteiger partial charge in [-0.05, 0) is 49.8 Å². The molecule has 0 bridgehead atoms. The molecule has 18 heteroatoms. The van der Waals surface area contributed by atoms with Gasteiger partial charge in [0.1, 0.15) is 24.6 Å². The molecule has 58 heavy (non-hydrogen) atoms. The van der Waals surface area contributed by atoms with Crippen molar-refractivity contribution in [2.45, 2.75) is 38.6 Å². The minimum absolute atomic E-state index is 0.00315. The van der Waals surface area contributed by atoms with Gasteiger partial charge in [0.2, 0.25) is 11.8 Å². The topological polar surface area (TPSA) is 194 Å². The first-order valence-electron chi connectivity index (χ1n) is 18.5. The Hall–Kier alpha value is -6.24. The number of benzene rings is 3. The molecule has 3 aromatic carbocycles. The minimum atomic E-state index is -4.59. The van der Waals surface area contributed by atoms with Crippen molar-refractivity contribution in [2.24, 2.45) is 0 Å². The molecule has 0 saturated carbocycles. The Bertz CT molecular complexity index is 2280. The van der Waals surface area contributed by atoms with Crippen LogP contribution in [0.2, 0.25) is 0 Å². The Morgan fingerprint density at radius 3 is 2.43 bits per heavy atom. The van der Waals surface area contributed by atoms with E-state index in [9.17, 15) is 32.4 Å². The van der Waals surface area contributed by atoms with E-state index in [0.29, 0.717) is 28.6 Å². The summed E-state index contributed by atoms with van der Waals surface area (Å²) in [6.45, 7) is 5.93. The highest BCUT2D eigenvalue weighted by molar-refractivity contribution is 7.85. The predicted octanol–water partition coefficient (Wildman–Crippen LogP) is 3.02. The van der Waals surface area contributed by atoms with Crippen molar-refractivity contribution in [3.63, 3.8) is 0 Å². The average molecular weight is 815 g/mol. The zero-order chi connectivity index (χ0) is 41.6. The lowest BCUT2D eigenvalue weighted by Crippen LogP contribution is -2.76. The molecule has 2 aliphatic heterocycles. The second kappa shape index (κ2) is 17.9. The standard InChI is InChI=1S/C40H46N8O9S/c1-5-18-46-26-36(50)47-34(21-28-14-16-31(17-15-28)57-58(54,55)43-40(53)56-20-19-44(3)4)38(51)45(24-30-12-9-13-32-33(27(2)49)23-41-37(30)32)25-35(47)48(46)39(52)42-22-29-10-7-6-8-11-29/h5-17,23,34-35,41H,1,18-22,24-26H2,2-4H3,(H,42,52)(H,43,53)/t34-,35-/m0/s1. The quantitative estimate of drug-likeness (QED) is 0.118. The monoisotopic (exact) mass is 814 g/mol. The molecule has 0 aliphatic carbocycles. The first-order valence-corrected chi connectivity index (χ1v) is 19.9. The summed E-state index contributed by atoms with van der Waals surface area (Å²) in [5.74, 6) is -0.978. The van der Waals surface area contributed by atoms with Gasteiger partial charge in [-0.2, -0.15) is 13.1 Å². The molecule has 2 atom stereocenters. The molecule has 17 nitrogen and oxygen atoms in total. The smallest absolute Gasteiger partial charge is 0.423 e. The van der Waals surface area contributed by atoms with Gasteiger partial charge in [0.05, 0.1) is 18.6 Å². The lowest BCUT2D eigenvalue weighted by Gasteiger charge is -2.55. The summed E-state index contributed by atoms with van der Waals surface area (Å²) in [4.78, 5) is 75.1. The molecule has 6 rings (SSSR count). The predicted molar refractivity (Wildman–Crippen MR) is 213 cm³/mol. The Labute approximate surface area is 336 Å². The van der Waals surface area contributed by atoms with Gasteiger partial charge in [-0.25, -0.2) is 19.6 Å². The zero-order valence-electron chi connectivity index (χ0n) is 32.4. The molecule has 2 saturated heterocycles. The van der Waals surface area contributed by atoms with Crippen molar-refractivity contribution in [1.82, 2.24) is 39.7 Å². The number of hydrazine groups is 1. The van der Waals surface area contributed by atoms with Gasteiger partial charge >= 0.3 is 22.4 Å². The first-order chi connectivity index (χ1) is 27.7. The van der Waals surface area contributed by atoms with Crippen LogP contribution in [-0.4, -0.2) is 127 Å². The maximum atomic E-state index is 14.6. The van der Waals surface area contributed by atoms with Gasteiger partial charge in [0.25, 0.3) is 0 Å². The lowest BCUT2D eigenvalue weighted by molar-refractivity contribution is -0.189. The van der Waals surface area contributed by atoms with E-state index in [-0.39, 0.29) is 69.1 Å². The molecule has 0 radical (unpaired) electrons. The normalized spacial score (nSPS) is 17.3. The van der Waals surface area contributed by atoms with E-state index >= 15 is 0 Å². The number of carbonyl (C=O) groups is 5. The van der Waals surface area contributed by atoms with E-state index in [1.165, 1.54) is 29.0 Å². The van der Waals surface area contributed by atoms with Crippen LogP contribution in [0.5, 0.6) is 5.75 Å². The first kappa shape index (κ1) is 41.4. The number of carbonyl (C=O) groups excluding carboxylic acids is 5. The maximum absolute atomic E-state index is 14.6. The molecular weight excluding hydrogens is 769 g/mol. The Morgan fingerprint density at radius 1 is 1.00 bits per heavy atom. The van der Waals surface area contributed by atoms with Crippen molar-refractivity contribution in [1.29, 1.82) is 0 Å². The molecule has 0 spiro atoms. The molecule has 306 valence electrons. The van der Waals surface area contributed by atoms with Gasteiger partial charge < -0.3 is 33.9 Å². The number of nitrogens with one attached hydrogen (secondary N) is 3. The van der Waals surface area contributed by atoms with Crippen LogP contribution >= 0.6 is 0 Å². The van der Waals surface area contributed by atoms with E-state index < -0.39 is 34.6 Å². The van der Waals surface area contributed by atoms with Crippen LogP contribution in [0.15, 0.2) is 91.6 Å². The molecule has 1 aromatic heterocycles. The van der Waals surface area contributed by atoms with Crippen LogP contribution in [0.4, 0.5) is 9.59 Å². The number of aromatic nitrogens is 1. The number of H-pyrrole nitrogens is 1. The third-order valence-electron chi connectivity index (χ3n) is 9.75. The number of nitrogens with zero attached hydrogens (tertiary/aromatic N) is 5. The fourth-order valence-corrected chi connectivity index (χ4v) is 7.72. The Balaban J connectivity index is 1.29. The number of fused-ring (bicyclic) bond motifs is 2. The SMILES string of the molecule is C=CCN1CC(=O)N2[C@@H](Cc3ccc(OS(=O)(=O)NC(=O)OCCN(C)C)cc3)C(=O)N(Cc3cccc4c(C(C)=O)c[nH]c34)C[C@@H]2N1C(=O)NCc1ccccc1. The van der Waals surface area contributed by atoms with Crippen molar-refractivity contribution >= 4 is 50.9 Å². The van der Waals surface area contributed by atoms with Crippen LogP contribution in [0.25, 0.3) is 10.9 Å². The van der Waals surface area contributed by atoms with E-state index in [2.05, 4.69) is 16.9 Å². The van der Waals surface area contributed by atoms with Crippen molar-refractivity contribution in [3.05, 3.63) is 114 Å². The van der Waals surface area contributed by atoms with Gasteiger partial charge in [-0.15, -0.1) is 6.58 Å². The summed E-state index contributed by atoms with van der Waals surface area (Å²) >= 11 is 0. The molecule has 2 fully saturated rings. The minimum Gasteiger partial charge on any atom is -0.447 e. The van der Waals surface area contributed by atoms with E-state index in [4.69, 9.17) is 8.92 Å². The molecule has 5 amide bonds. The number of likely N-dealkylation sites (N-methyl/N-ethyl adjacent to an activating group) is 1. The number of hydrogen-bond acceptors (Lipinski definition) is 11. The van der Waals surface area contributed by atoms with Crippen molar-refractivity contribution in [2.75, 3.05) is 46.9 Å². The number of ketones is 1. The largest absolute Gasteiger partial charge is 0.447 e. The third-order valence-corrected chi connectivity index (χ3v) is 10.6. The van der Waals surface area contributed by atoms with E-state index in [1.807, 2.05) is 48.5 Å². The second-order valence-corrected chi connectivity index (χ2v) is 15.4. The van der Waals surface area contributed by atoms with Gasteiger partial charge in [0.15, 0.2) is 5.78 Å². The number of amides is 5. The second-order valence-electron chi connectivity index (χ2n) is 14.2. The number of Topliss-reactive ketones (excluding diaryl/α,β-unsaturated/α-hetero) is 1. The number of hydrogen-bond donors (Lipinski definition) is 3. The number of piperazine rings is 1. The maximum Gasteiger partial charge on any atom is 0.423 e. The van der Waals surface area contributed by atoms with E-state index in [0.717, 1.165) is 11.1 Å². The van der Waals surface area contributed by atoms with Crippen LogP contribution in [0, 0.1) is 0 Å². The lowest BCUT2D eigenvalue weighted by atomic mass is 9.98. The molecule has 2 aliphatic rings. The zero-order valence-corrected chi connectivity index (χ0v) is 33.2. The fraction of sp³-hybridized carbons (Fsp3) is 0.325. The average Bonchev–Trinajstić information content (AvgIpc) is 3.62. The van der Waals surface area contributed by atoms with E-state index in [1.54, 1.807) is 58.0 Å². The van der Waals surface area contributed by atoms with Crippen molar-refractivity contribution < 1.29 is 41.3 Å². The summed E-state index contributed by atoms with van der Waals surface area (Å²) in [5.41, 5.74) is 3.36. The van der Waals surface area contributed by atoms with Gasteiger partial charge in [-0.3, -0.25) is 14.4 Å². The van der Waals surface area contributed by atoms with Gasteiger partial charge in [0, 0.05) is 49.7 Å². The summed E-state index contributed by atoms with van der Waals surface area (Å²) in [7, 11) is -1.05. The van der Waals surface area contributed by atoms with Crippen LogP contribution in [0.1, 0.15) is 34.0 Å². The number of aromatic amines is 1. The molecule has 4 aromatic rings. The summed E-state index contributed by atoms with van der Waals surface area (Å²) in [5, 5.41) is 6.75. The number of urea groups is 1. The molecule has 3 N–H and O–H groups in total. The molecule has 0 unspecified atom stereocenters. The highest BCUT2D eigenvalue weighted by Crippen LogP contribution is 2.31. The highest BCUT2D eigenvalue weighted by Gasteiger charge is 2.51. The van der Waals surface area contributed by atoms with Gasteiger partial charge in [-0.1, -0.05) is 66.7 Å². The fourth-order valence-electron chi connectivity index (χ4n) is 7.05. The number of para-hydroxylation sites is 1. The van der Waals surface area contributed by atoms with Crippen molar-refractivity contribution in [3.8, 4) is 5.75 Å². The Morgan fingerprint density at radius 2 is 1.74 bits per heavy atom. The number of rotatable bonds is 15. The molecule has 3 heterocycles.